The molecule has 0 saturated carbocycles. The second kappa shape index (κ2) is 7.47. The predicted octanol–water partition coefficient (Wildman–Crippen LogP) is 3.05. The molecule has 128 valence electrons. The summed E-state index contributed by atoms with van der Waals surface area (Å²) in [7, 11) is 0. The average molecular weight is 338 g/mol. The van der Waals surface area contributed by atoms with E-state index < -0.39 is 36.1 Å². The van der Waals surface area contributed by atoms with E-state index in [1.165, 1.54) is 29.2 Å². The maximum absolute atomic E-state index is 13.3. The predicted molar refractivity (Wildman–Crippen MR) is 79.8 cm³/mol. The summed E-state index contributed by atoms with van der Waals surface area (Å²) in [6.07, 6.45) is -4.00. The zero-order valence-electron chi connectivity index (χ0n) is 12.9. The molecule has 1 saturated heterocycles. The van der Waals surface area contributed by atoms with Crippen LogP contribution in [-0.4, -0.2) is 35.9 Å². The van der Waals surface area contributed by atoms with Crippen molar-refractivity contribution in [2.24, 2.45) is 5.92 Å². The second-order valence-corrected chi connectivity index (χ2v) is 5.77. The Morgan fingerprint density at radius 3 is 2.25 bits per heavy atom. The monoisotopic (exact) mass is 338 g/mol. The third kappa shape index (κ3) is 4.13. The van der Waals surface area contributed by atoms with E-state index in [-0.39, 0.29) is 5.56 Å². The number of Topliss-reactive ketones (excluding diaryl/α,β-unsaturated/α-hetero) is 1. The number of benzene rings is 1. The van der Waals surface area contributed by atoms with E-state index in [9.17, 15) is 22.8 Å². The molecule has 0 aromatic heterocycles. The van der Waals surface area contributed by atoms with Gasteiger partial charge in [0.05, 0.1) is 12.0 Å². The molecule has 1 fully saturated rings. The molecule has 1 aliphatic heterocycles. The lowest BCUT2D eigenvalue weighted by Gasteiger charge is -2.22. The lowest BCUT2D eigenvalue weighted by Crippen LogP contribution is -2.38. The third-order valence-electron chi connectivity index (χ3n) is 4.12. The van der Waals surface area contributed by atoms with E-state index in [2.05, 4.69) is 0 Å². The summed E-state index contributed by atoms with van der Waals surface area (Å²) >= 11 is 0. The molecule has 7 heteroatoms. The van der Waals surface area contributed by atoms with Gasteiger partial charge < -0.3 is 4.90 Å². The minimum atomic E-state index is -4.63. The van der Waals surface area contributed by atoms with Gasteiger partial charge >= 0.3 is 6.18 Å². The number of nitriles is 1. The van der Waals surface area contributed by atoms with Crippen LogP contribution in [0.2, 0.25) is 0 Å². The Morgan fingerprint density at radius 1 is 1.17 bits per heavy atom. The molecule has 4 nitrogen and oxygen atoms in total. The van der Waals surface area contributed by atoms with E-state index in [1.54, 1.807) is 12.1 Å². The minimum Gasteiger partial charge on any atom is -0.341 e. The number of likely N-dealkylation sites (tertiary alicyclic amines) is 1. The van der Waals surface area contributed by atoms with Gasteiger partial charge in [0.2, 0.25) is 5.91 Å². The van der Waals surface area contributed by atoms with Gasteiger partial charge in [-0.05, 0) is 18.4 Å². The van der Waals surface area contributed by atoms with Gasteiger partial charge in [0.25, 0.3) is 0 Å². The first kappa shape index (κ1) is 18.0. The minimum absolute atomic E-state index is 0.0522. The van der Waals surface area contributed by atoms with Crippen LogP contribution in [0, 0.1) is 17.2 Å². The van der Waals surface area contributed by atoms with E-state index in [1.807, 2.05) is 0 Å². The maximum atomic E-state index is 13.3. The van der Waals surface area contributed by atoms with Crippen LogP contribution in [0.25, 0.3) is 0 Å². The number of amides is 1. The topological polar surface area (TPSA) is 61.2 Å². The lowest BCUT2D eigenvalue weighted by molar-refractivity contribution is -0.158. The van der Waals surface area contributed by atoms with E-state index >= 15 is 0 Å². The fourth-order valence-electron chi connectivity index (χ4n) is 2.81. The number of hydrogen-bond acceptors (Lipinski definition) is 3. The highest BCUT2D eigenvalue weighted by Crippen LogP contribution is 2.38. The zero-order chi connectivity index (χ0) is 17.7. The van der Waals surface area contributed by atoms with Crippen LogP contribution in [0.5, 0.6) is 0 Å². The summed E-state index contributed by atoms with van der Waals surface area (Å²) in [5.74, 6) is -5.36. The SMILES string of the molecule is N#C[C@H](C(=O)C[C@H](c1ccccc1)C(F)(F)F)C(=O)N1CCCC1. The van der Waals surface area contributed by atoms with Crippen molar-refractivity contribution in [3.05, 3.63) is 35.9 Å². The first-order valence-electron chi connectivity index (χ1n) is 7.67. The number of carbonyl (C=O) groups excluding carboxylic acids is 2. The normalized spacial score (nSPS) is 17.2. The Hall–Kier alpha value is -2.36. The van der Waals surface area contributed by atoms with Gasteiger partial charge in [0.1, 0.15) is 0 Å². The summed E-state index contributed by atoms with van der Waals surface area (Å²) in [5.41, 5.74) is -0.0522. The number of ketones is 1. The molecule has 1 amide bonds. The fourth-order valence-corrected chi connectivity index (χ4v) is 2.81. The highest BCUT2D eigenvalue weighted by molar-refractivity contribution is 6.04. The zero-order valence-corrected chi connectivity index (χ0v) is 12.9. The molecule has 1 heterocycles. The van der Waals surface area contributed by atoms with Crippen molar-refractivity contribution in [2.45, 2.75) is 31.4 Å². The molecular formula is C17H17F3N2O2. The number of nitrogens with zero attached hydrogens (tertiary/aromatic N) is 2. The second-order valence-electron chi connectivity index (χ2n) is 5.77. The molecule has 0 bridgehead atoms. The molecular weight excluding hydrogens is 321 g/mol. The van der Waals surface area contributed by atoms with Crippen LogP contribution in [0.3, 0.4) is 0 Å². The molecule has 2 rings (SSSR count). The molecule has 0 aliphatic carbocycles. The van der Waals surface area contributed by atoms with Crippen LogP contribution < -0.4 is 0 Å². The van der Waals surface area contributed by atoms with E-state index in [0.29, 0.717) is 13.1 Å². The molecule has 0 radical (unpaired) electrons. The van der Waals surface area contributed by atoms with Crippen molar-refractivity contribution < 1.29 is 22.8 Å². The summed E-state index contributed by atoms with van der Waals surface area (Å²) in [6, 6.07) is 8.64. The van der Waals surface area contributed by atoms with Crippen molar-refractivity contribution in [1.29, 1.82) is 5.26 Å². The highest BCUT2D eigenvalue weighted by atomic mass is 19.4. The highest BCUT2D eigenvalue weighted by Gasteiger charge is 2.44. The Morgan fingerprint density at radius 2 is 1.75 bits per heavy atom. The molecule has 0 unspecified atom stereocenters. The summed E-state index contributed by atoms with van der Waals surface area (Å²) in [6.45, 7) is 0.872. The molecule has 1 aromatic carbocycles. The van der Waals surface area contributed by atoms with E-state index in [0.717, 1.165) is 12.8 Å². The molecule has 2 atom stereocenters. The van der Waals surface area contributed by atoms with Gasteiger partial charge in [0.15, 0.2) is 11.7 Å². The lowest BCUT2D eigenvalue weighted by atomic mass is 9.88. The quantitative estimate of drug-likeness (QED) is 0.775. The number of carbonyl (C=O) groups is 2. The van der Waals surface area contributed by atoms with Crippen LogP contribution in [-0.2, 0) is 9.59 Å². The molecule has 1 aliphatic rings. The van der Waals surface area contributed by atoms with Crippen molar-refractivity contribution in [1.82, 2.24) is 4.90 Å². The van der Waals surface area contributed by atoms with Gasteiger partial charge in [-0.25, -0.2) is 0 Å². The van der Waals surface area contributed by atoms with Crippen molar-refractivity contribution in [3.8, 4) is 6.07 Å². The van der Waals surface area contributed by atoms with Crippen molar-refractivity contribution in [2.75, 3.05) is 13.1 Å². The standard InChI is InChI=1S/C17H17F3N2O2/c18-17(19,20)14(12-6-2-1-3-7-12)10-15(23)13(11-21)16(24)22-8-4-5-9-22/h1-3,6-7,13-14H,4-5,8-10H2/t13-,14-/m1/s1. The number of alkyl halides is 3. The third-order valence-corrected chi connectivity index (χ3v) is 4.12. The first-order chi connectivity index (χ1) is 11.3. The molecule has 0 N–H and O–H groups in total. The summed E-state index contributed by atoms with van der Waals surface area (Å²) < 4.78 is 39.9. The van der Waals surface area contributed by atoms with Crippen LogP contribution in [0.15, 0.2) is 30.3 Å². The number of rotatable bonds is 5. The average Bonchev–Trinajstić information content (AvgIpc) is 3.07. The molecule has 0 spiro atoms. The number of halogens is 3. The molecule has 1 aromatic rings. The van der Waals surface area contributed by atoms with Gasteiger partial charge in [0, 0.05) is 19.5 Å². The Kier molecular flexibility index (Phi) is 5.60. The van der Waals surface area contributed by atoms with E-state index in [4.69, 9.17) is 5.26 Å². The number of hydrogen-bond donors (Lipinski definition) is 0. The van der Waals surface area contributed by atoms with Gasteiger partial charge in [-0.3, -0.25) is 9.59 Å². The van der Waals surface area contributed by atoms with Crippen molar-refractivity contribution >= 4 is 11.7 Å². The van der Waals surface area contributed by atoms with Gasteiger partial charge in [-0.2, -0.15) is 18.4 Å². The smallest absolute Gasteiger partial charge is 0.341 e. The Bertz CT molecular complexity index is 631. The van der Waals surface area contributed by atoms with Crippen molar-refractivity contribution in [3.63, 3.8) is 0 Å². The maximum Gasteiger partial charge on any atom is 0.396 e. The van der Waals surface area contributed by atoms with Crippen LogP contribution in [0.1, 0.15) is 30.7 Å². The van der Waals surface area contributed by atoms with Gasteiger partial charge in [-0.1, -0.05) is 30.3 Å². The largest absolute Gasteiger partial charge is 0.396 e. The summed E-state index contributed by atoms with van der Waals surface area (Å²) in [4.78, 5) is 25.8. The molecule has 24 heavy (non-hydrogen) atoms. The van der Waals surface area contributed by atoms with Crippen LogP contribution >= 0.6 is 0 Å². The first-order valence-corrected chi connectivity index (χ1v) is 7.67. The van der Waals surface area contributed by atoms with Crippen LogP contribution in [0.4, 0.5) is 13.2 Å². The Balaban J connectivity index is 2.17. The van der Waals surface area contributed by atoms with Gasteiger partial charge in [-0.15, -0.1) is 0 Å². The Labute approximate surface area is 137 Å². The summed E-state index contributed by atoms with van der Waals surface area (Å²) in [5, 5.41) is 9.11. The fraction of sp³-hybridized carbons (Fsp3) is 0.471.